The number of nitrogens with one attached hydrogen (secondary N) is 1. The molecule has 1 amide bonds. The summed E-state index contributed by atoms with van der Waals surface area (Å²) in [6.45, 7) is 11.5. The van der Waals surface area contributed by atoms with Crippen LogP contribution in [0.25, 0.3) is 5.95 Å². The van der Waals surface area contributed by atoms with Crippen molar-refractivity contribution in [1.82, 2.24) is 24.1 Å². The SMILES string of the molecule is CCN(CC)S(=O)(=O)c1ccc(C)c(C(=O)Nc2cc(C)nn2-c2nc(C)cc(C)n2)c1. The molecule has 0 saturated carbocycles. The summed E-state index contributed by atoms with van der Waals surface area (Å²) in [7, 11) is -3.69. The topological polar surface area (TPSA) is 110 Å². The molecule has 2 heterocycles. The van der Waals surface area contributed by atoms with Crippen molar-refractivity contribution in [2.45, 2.75) is 46.4 Å². The summed E-state index contributed by atoms with van der Waals surface area (Å²) >= 11 is 0. The maximum Gasteiger partial charge on any atom is 0.257 e. The van der Waals surface area contributed by atoms with Gasteiger partial charge in [0, 0.05) is 36.1 Å². The molecule has 0 fully saturated rings. The minimum atomic E-state index is -3.69. The van der Waals surface area contributed by atoms with Gasteiger partial charge in [-0.05, 0) is 51.5 Å². The number of carbonyl (C=O) groups excluding carboxylic acids is 1. The molecule has 1 N–H and O–H groups in total. The standard InChI is InChI=1S/C22H28N6O3S/c1-7-27(8-2)32(30,31)18-10-9-14(3)19(13-18)21(29)25-20-12-17(6)26-28(20)22-23-15(4)11-16(5)24-22/h9-13H,7-8H2,1-6H3,(H,25,29). The summed E-state index contributed by atoms with van der Waals surface area (Å²) in [4.78, 5) is 22.1. The molecular weight excluding hydrogens is 428 g/mol. The first-order chi connectivity index (χ1) is 15.1. The average molecular weight is 457 g/mol. The Balaban J connectivity index is 1.99. The van der Waals surface area contributed by atoms with E-state index in [9.17, 15) is 13.2 Å². The average Bonchev–Trinajstić information content (AvgIpc) is 3.08. The highest BCUT2D eigenvalue weighted by atomic mass is 32.2. The van der Waals surface area contributed by atoms with Crippen molar-refractivity contribution in [3.63, 3.8) is 0 Å². The summed E-state index contributed by atoms with van der Waals surface area (Å²) in [5, 5.41) is 7.24. The van der Waals surface area contributed by atoms with E-state index in [0.717, 1.165) is 11.4 Å². The lowest BCUT2D eigenvalue weighted by Gasteiger charge is -2.19. The number of amides is 1. The van der Waals surface area contributed by atoms with Crippen LogP contribution in [-0.4, -0.2) is 51.5 Å². The fourth-order valence-electron chi connectivity index (χ4n) is 3.45. The zero-order valence-electron chi connectivity index (χ0n) is 19.2. The second-order valence-electron chi connectivity index (χ2n) is 7.55. The van der Waals surface area contributed by atoms with E-state index in [1.54, 1.807) is 39.8 Å². The van der Waals surface area contributed by atoms with Gasteiger partial charge in [-0.15, -0.1) is 0 Å². The minimum absolute atomic E-state index is 0.0827. The number of carbonyl (C=O) groups is 1. The van der Waals surface area contributed by atoms with Gasteiger partial charge in [-0.25, -0.2) is 18.4 Å². The van der Waals surface area contributed by atoms with Crippen LogP contribution in [-0.2, 0) is 10.0 Å². The lowest BCUT2D eigenvalue weighted by molar-refractivity contribution is 0.102. The molecule has 3 aromatic rings. The third kappa shape index (κ3) is 4.71. The Kier molecular flexibility index (Phi) is 6.75. The van der Waals surface area contributed by atoms with Crippen LogP contribution in [0.1, 0.15) is 46.9 Å². The lowest BCUT2D eigenvalue weighted by atomic mass is 10.1. The summed E-state index contributed by atoms with van der Waals surface area (Å²) in [5.74, 6) is 0.305. The first kappa shape index (κ1) is 23.6. The number of nitrogens with zero attached hydrogens (tertiary/aromatic N) is 5. The van der Waals surface area contributed by atoms with Crippen molar-refractivity contribution in [1.29, 1.82) is 0 Å². The molecule has 9 nitrogen and oxygen atoms in total. The molecule has 0 saturated heterocycles. The van der Waals surface area contributed by atoms with Gasteiger partial charge in [0.2, 0.25) is 10.0 Å². The van der Waals surface area contributed by atoms with Gasteiger partial charge in [0.1, 0.15) is 5.82 Å². The number of rotatable bonds is 7. The first-order valence-corrected chi connectivity index (χ1v) is 11.8. The predicted octanol–water partition coefficient (Wildman–Crippen LogP) is 3.18. The Bertz CT molecular complexity index is 1240. The van der Waals surface area contributed by atoms with Crippen LogP contribution in [0.2, 0.25) is 0 Å². The Labute approximate surface area is 188 Å². The van der Waals surface area contributed by atoms with Crippen LogP contribution in [0.15, 0.2) is 35.2 Å². The number of hydrogen-bond donors (Lipinski definition) is 1. The Morgan fingerprint density at radius 1 is 0.969 bits per heavy atom. The highest BCUT2D eigenvalue weighted by Gasteiger charge is 2.24. The molecule has 0 bridgehead atoms. The number of anilines is 1. The van der Waals surface area contributed by atoms with E-state index in [1.807, 2.05) is 19.9 Å². The molecule has 170 valence electrons. The number of aromatic nitrogens is 4. The Morgan fingerprint density at radius 2 is 1.59 bits per heavy atom. The van der Waals surface area contributed by atoms with Gasteiger partial charge in [-0.2, -0.15) is 14.1 Å². The monoisotopic (exact) mass is 456 g/mol. The highest BCUT2D eigenvalue weighted by Crippen LogP contribution is 2.22. The van der Waals surface area contributed by atoms with Crippen molar-refractivity contribution in [2.24, 2.45) is 0 Å². The molecule has 0 aliphatic carbocycles. The third-order valence-corrected chi connectivity index (χ3v) is 7.08. The zero-order valence-corrected chi connectivity index (χ0v) is 20.0. The van der Waals surface area contributed by atoms with Gasteiger partial charge in [0.15, 0.2) is 0 Å². The van der Waals surface area contributed by atoms with Crippen LogP contribution >= 0.6 is 0 Å². The zero-order chi connectivity index (χ0) is 23.6. The van der Waals surface area contributed by atoms with Crippen molar-refractivity contribution < 1.29 is 13.2 Å². The normalized spacial score (nSPS) is 11.7. The second-order valence-corrected chi connectivity index (χ2v) is 9.49. The number of sulfonamides is 1. The largest absolute Gasteiger partial charge is 0.306 e. The highest BCUT2D eigenvalue weighted by molar-refractivity contribution is 7.89. The number of hydrogen-bond acceptors (Lipinski definition) is 6. The molecule has 1 aromatic carbocycles. The fraction of sp³-hybridized carbons (Fsp3) is 0.364. The van der Waals surface area contributed by atoms with Crippen LogP contribution in [0, 0.1) is 27.7 Å². The predicted molar refractivity (Wildman–Crippen MR) is 123 cm³/mol. The molecule has 32 heavy (non-hydrogen) atoms. The van der Waals surface area contributed by atoms with Gasteiger partial charge in [-0.3, -0.25) is 4.79 Å². The van der Waals surface area contributed by atoms with Crippen LogP contribution < -0.4 is 5.32 Å². The van der Waals surface area contributed by atoms with E-state index in [2.05, 4.69) is 20.4 Å². The molecule has 0 atom stereocenters. The van der Waals surface area contributed by atoms with E-state index in [1.165, 1.54) is 21.1 Å². The first-order valence-electron chi connectivity index (χ1n) is 10.4. The van der Waals surface area contributed by atoms with Crippen molar-refractivity contribution in [3.05, 3.63) is 58.5 Å². The maximum absolute atomic E-state index is 13.1. The summed E-state index contributed by atoms with van der Waals surface area (Å²) in [6, 6.07) is 8.14. The second kappa shape index (κ2) is 9.17. The van der Waals surface area contributed by atoms with Gasteiger partial charge >= 0.3 is 0 Å². The molecule has 2 aromatic heterocycles. The molecule has 10 heteroatoms. The van der Waals surface area contributed by atoms with Crippen molar-refractivity contribution in [2.75, 3.05) is 18.4 Å². The van der Waals surface area contributed by atoms with Crippen LogP contribution in [0.3, 0.4) is 0 Å². The van der Waals surface area contributed by atoms with E-state index >= 15 is 0 Å². The van der Waals surface area contributed by atoms with Crippen LogP contribution in [0.4, 0.5) is 5.82 Å². The van der Waals surface area contributed by atoms with E-state index in [0.29, 0.717) is 36.1 Å². The molecule has 3 rings (SSSR count). The summed E-state index contributed by atoms with van der Waals surface area (Å²) in [5.41, 5.74) is 3.17. The van der Waals surface area contributed by atoms with E-state index in [4.69, 9.17) is 0 Å². The fourth-order valence-corrected chi connectivity index (χ4v) is 4.93. The third-order valence-electron chi connectivity index (χ3n) is 5.03. The summed E-state index contributed by atoms with van der Waals surface area (Å²) in [6.07, 6.45) is 0. The van der Waals surface area contributed by atoms with E-state index < -0.39 is 15.9 Å². The summed E-state index contributed by atoms with van der Waals surface area (Å²) < 4.78 is 28.6. The van der Waals surface area contributed by atoms with E-state index in [-0.39, 0.29) is 10.5 Å². The molecule has 0 aliphatic rings. The molecule has 0 spiro atoms. The van der Waals surface area contributed by atoms with Crippen LogP contribution in [0.5, 0.6) is 0 Å². The lowest BCUT2D eigenvalue weighted by Crippen LogP contribution is -2.31. The Hall–Kier alpha value is -3.11. The minimum Gasteiger partial charge on any atom is -0.306 e. The molecule has 0 radical (unpaired) electrons. The molecule has 0 unspecified atom stereocenters. The quantitative estimate of drug-likeness (QED) is 0.585. The number of aryl methyl sites for hydroxylation is 4. The van der Waals surface area contributed by atoms with Gasteiger partial charge < -0.3 is 5.32 Å². The Morgan fingerprint density at radius 3 is 2.19 bits per heavy atom. The molecule has 0 aliphatic heterocycles. The number of benzene rings is 1. The van der Waals surface area contributed by atoms with Gasteiger partial charge in [-0.1, -0.05) is 19.9 Å². The maximum atomic E-state index is 13.1. The molecular formula is C22H28N6O3S. The smallest absolute Gasteiger partial charge is 0.257 e. The van der Waals surface area contributed by atoms with Gasteiger partial charge in [0.05, 0.1) is 10.6 Å². The van der Waals surface area contributed by atoms with Crippen molar-refractivity contribution >= 4 is 21.7 Å². The van der Waals surface area contributed by atoms with Gasteiger partial charge in [0.25, 0.3) is 11.9 Å². The van der Waals surface area contributed by atoms with Crippen molar-refractivity contribution in [3.8, 4) is 5.95 Å².